The highest BCUT2D eigenvalue weighted by molar-refractivity contribution is 8.76. The van der Waals surface area contributed by atoms with Crippen LogP contribution in [-0.4, -0.2) is 10.7 Å². The van der Waals surface area contributed by atoms with Crippen LogP contribution >= 0.6 is 21.6 Å². The maximum absolute atomic E-state index is 5.66. The molecule has 2 nitrogen and oxygen atoms in total. The maximum atomic E-state index is 5.66. The number of rotatable bonds is 9. The summed E-state index contributed by atoms with van der Waals surface area (Å²) in [5, 5.41) is 0.775. The Kier molecular flexibility index (Phi) is 6.65. The molecule has 0 spiro atoms. The average Bonchev–Trinajstić information content (AvgIpc) is 2.84. The van der Waals surface area contributed by atoms with Gasteiger partial charge in [0.25, 0.3) is 5.22 Å². The van der Waals surface area contributed by atoms with Gasteiger partial charge < -0.3 is 4.42 Å². The minimum absolute atomic E-state index is 0.775. The van der Waals surface area contributed by atoms with Crippen molar-refractivity contribution in [3.63, 3.8) is 0 Å². The van der Waals surface area contributed by atoms with E-state index in [1.807, 2.05) is 35.1 Å². The van der Waals surface area contributed by atoms with Gasteiger partial charge in [0.2, 0.25) is 0 Å². The molecule has 0 saturated carbocycles. The first-order valence-corrected chi connectivity index (χ1v) is 9.37. The van der Waals surface area contributed by atoms with E-state index in [2.05, 4.69) is 11.9 Å². The van der Waals surface area contributed by atoms with Gasteiger partial charge >= 0.3 is 0 Å². The van der Waals surface area contributed by atoms with E-state index in [4.69, 9.17) is 4.42 Å². The van der Waals surface area contributed by atoms with Crippen LogP contribution in [0.3, 0.4) is 0 Å². The molecule has 0 aliphatic rings. The highest BCUT2D eigenvalue weighted by atomic mass is 33.1. The first kappa shape index (κ1) is 14.8. The van der Waals surface area contributed by atoms with Gasteiger partial charge in [-0.25, -0.2) is 4.98 Å². The number of hydrogen-bond donors (Lipinski definition) is 0. The van der Waals surface area contributed by atoms with E-state index in [9.17, 15) is 0 Å². The number of fused-ring (bicyclic) bond motifs is 1. The van der Waals surface area contributed by atoms with Crippen molar-refractivity contribution in [3.8, 4) is 0 Å². The molecular weight excluding hydrogens is 274 g/mol. The molecule has 0 radical (unpaired) electrons. The summed E-state index contributed by atoms with van der Waals surface area (Å²) in [6.07, 6.45) is 8.11. The molecule has 0 N–H and O–H groups in total. The van der Waals surface area contributed by atoms with E-state index in [0.29, 0.717) is 0 Å². The number of hydrogen-bond acceptors (Lipinski definition) is 4. The number of nitrogens with zero attached hydrogens (tertiary/aromatic N) is 1. The second-order valence-corrected chi connectivity index (χ2v) is 6.99. The Morgan fingerprint density at radius 2 is 1.84 bits per heavy atom. The SMILES string of the molecule is CCCCCCCCSSc1nc2ccccc2o1. The van der Waals surface area contributed by atoms with Crippen LogP contribution in [0.15, 0.2) is 33.9 Å². The Hall–Kier alpha value is -0.610. The van der Waals surface area contributed by atoms with E-state index >= 15 is 0 Å². The molecule has 0 saturated heterocycles. The fourth-order valence-electron chi connectivity index (χ4n) is 1.92. The van der Waals surface area contributed by atoms with E-state index in [0.717, 1.165) is 16.3 Å². The Morgan fingerprint density at radius 3 is 2.68 bits per heavy atom. The topological polar surface area (TPSA) is 26.0 Å². The smallest absolute Gasteiger partial charge is 0.267 e. The van der Waals surface area contributed by atoms with Crippen LogP contribution in [0.4, 0.5) is 0 Å². The lowest BCUT2D eigenvalue weighted by molar-refractivity contribution is 0.491. The first-order valence-electron chi connectivity index (χ1n) is 7.05. The fraction of sp³-hybridized carbons (Fsp3) is 0.533. The second-order valence-electron chi connectivity index (χ2n) is 4.62. The van der Waals surface area contributed by atoms with Gasteiger partial charge in [-0.2, -0.15) is 0 Å². The minimum Gasteiger partial charge on any atom is -0.431 e. The highest BCUT2D eigenvalue weighted by Gasteiger charge is 2.05. The van der Waals surface area contributed by atoms with Crippen molar-refractivity contribution in [2.24, 2.45) is 0 Å². The average molecular weight is 295 g/mol. The number of unbranched alkanes of at least 4 members (excludes halogenated alkanes) is 5. The van der Waals surface area contributed by atoms with E-state index in [-0.39, 0.29) is 0 Å². The molecule has 0 aliphatic heterocycles. The predicted molar refractivity (Wildman–Crippen MR) is 85.7 cm³/mol. The summed E-state index contributed by atoms with van der Waals surface area (Å²) in [5.74, 6) is 1.18. The van der Waals surface area contributed by atoms with Crippen molar-refractivity contribution >= 4 is 32.7 Å². The summed E-state index contributed by atoms with van der Waals surface area (Å²) >= 11 is 0. The van der Waals surface area contributed by atoms with Crippen LogP contribution < -0.4 is 0 Å². The quantitative estimate of drug-likeness (QED) is 0.423. The van der Waals surface area contributed by atoms with Gasteiger partial charge in [0.15, 0.2) is 5.58 Å². The normalized spacial score (nSPS) is 11.2. The molecule has 2 rings (SSSR count). The molecule has 0 amide bonds. The van der Waals surface area contributed by atoms with Crippen molar-refractivity contribution in [2.75, 3.05) is 5.75 Å². The van der Waals surface area contributed by atoms with Gasteiger partial charge in [-0.3, -0.25) is 0 Å². The minimum atomic E-state index is 0.775. The van der Waals surface area contributed by atoms with Crippen molar-refractivity contribution in [1.82, 2.24) is 4.98 Å². The van der Waals surface area contributed by atoms with Crippen molar-refractivity contribution in [3.05, 3.63) is 24.3 Å². The molecule has 1 aromatic heterocycles. The van der Waals surface area contributed by atoms with Crippen molar-refractivity contribution in [2.45, 2.75) is 50.7 Å². The van der Waals surface area contributed by atoms with Gasteiger partial charge in [-0.05, 0) is 18.6 Å². The third-order valence-electron chi connectivity index (χ3n) is 2.99. The Labute approximate surface area is 123 Å². The summed E-state index contributed by atoms with van der Waals surface area (Å²) in [5.41, 5.74) is 1.83. The molecule has 0 atom stereocenters. The third-order valence-corrected chi connectivity index (χ3v) is 5.16. The molecule has 0 unspecified atom stereocenters. The summed E-state index contributed by atoms with van der Waals surface area (Å²) in [6, 6.07) is 7.92. The zero-order valence-electron chi connectivity index (χ0n) is 11.4. The van der Waals surface area contributed by atoms with E-state index < -0.39 is 0 Å². The predicted octanol–water partition coefficient (Wildman–Crippen LogP) is 5.93. The Morgan fingerprint density at radius 1 is 1.05 bits per heavy atom. The van der Waals surface area contributed by atoms with Crippen LogP contribution in [0.25, 0.3) is 11.1 Å². The largest absolute Gasteiger partial charge is 0.431 e. The molecule has 2 aromatic rings. The van der Waals surface area contributed by atoms with Crippen LogP contribution in [0.5, 0.6) is 0 Å². The zero-order chi connectivity index (χ0) is 13.3. The van der Waals surface area contributed by atoms with Gasteiger partial charge in [-0.15, -0.1) is 0 Å². The Balaban J connectivity index is 1.60. The van der Waals surface area contributed by atoms with E-state index in [1.165, 1.54) is 44.3 Å². The number of benzene rings is 1. The lowest BCUT2D eigenvalue weighted by atomic mass is 10.1. The summed E-state index contributed by atoms with van der Waals surface area (Å²) < 4.78 is 5.66. The van der Waals surface area contributed by atoms with Crippen LogP contribution in [0, 0.1) is 0 Å². The number of oxazole rings is 1. The van der Waals surface area contributed by atoms with Crippen LogP contribution in [0.2, 0.25) is 0 Å². The van der Waals surface area contributed by atoms with Crippen molar-refractivity contribution < 1.29 is 4.42 Å². The fourth-order valence-corrected chi connectivity index (χ4v) is 3.81. The zero-order valence-corrected chi connectivity index (χ0v) is 13.1. The second kappa shape index (κ2) is 8.54. The summed E-state index contributed by atoms with van der Waals surface area (Å²) in [6.45, 7) is 2.26. The van der Waals surface area contributed by atoms with E-state index in [1.54, 1.807) is 10.8 Å². The maximum Gasteiger partial charge on any atom is 0.267 e. The molecule has 4 heteroatoms. The lowest BCUT2D eigenvalue weighted by Gasteiger charge is -1.99. The monoisotopic (exact) mass is 295 g/mol. The molecular formula is C15H21NOS2. The molecule has 1 aromatic carbocycles. The Bertz CT molecular complexity index is 451. The van der Waals surface area contributed by atoms with Gasteiger partial charge in [0, 0.05) is 16.5 Å². The van der Waals surface area contributed by atoms with Crippen LogP contribution in [0.1, 0.15) is 45.4 Å². The molecule has 0 aliphatic carbocycles. The lowest BCUT2D eigenvalue weighted by Crippen LogP contribution is -1.80. The first-order chi connectivity index (χ1) is 9.40. The molecule has 1 heterocycles. The summed E-state index contributed by atoms with van der Waals surface area (Å²) in [7, 11) is 3.50. The standard InChI is InChI=1S/C15H21NOS2/c1-2-3-4-5-6-9-12-18-19-15-16-13-10-7-8-11-14(13)17-15/h7-8,10-11H,2-6,9,12H2,1H3. The molecule has 0 fully saturated rings. The van der Waals surface area contributed by atoms with Gasteiger partial charge in [0.05, 0.1) is 0 Å². The van der Waals surface area contributed by atoms with Crippen LogP contribution in [-0.2, 0) is 0 Å². The molecule has 19 heavy (non-hydrogen) atoms. The number of aromatic nitrogens is 1. The van der Waals surface area contributed by atoms with Gasteiger partial charge in [0.1, 0.15) is 5.52 Å². The molecule has 104 valence electrons. The summed E-state index contributed by atoms with van der Waals surface area (Å²) in [4.78, 5) is 4.45. The molecule has 0 bridgehead atoms. The van der Waals surface area contributed by atoms with Gasteiger partial charge in [-0.1, -0.05) is 62.0 Å². The highest BCUT2D eigenvalue weighted by Crippen LogP contribution is 2.33. The number of para-hydroxylation sites is 2. The third kappa shape index (κ3) is 5.11. The van der Waals surface area contributed by atoms with Crippen molar-refractivity contribution in [1.29, 1.82) is 0 Å².